The molecule has 192 valence electrons. The van der Waals surface area contributed by atoms with Crippen LogP contribution in [0.15, 0.2) is 63.5 Å². The average Bonchev–Trinajstić information content (AvgIpc) is 3.12. The molecule has 0 radical (unpaired) electrons. The minimum Gasteiger partial charge on any atom is -0.459 e. The quantitative estimate of drug-likeness (QED) is 0.267. The van der Waals surface area contributed by atoms with E-state index in [1.165, 1.54) is 10.6 Å². The molecule has 0 amide bonds. The zero-order valence-corrected chi connectivity index (χ0v) is 22.5. The summed E-state index contributed by atoms with van der Waals surface area (Å²) in [5, 5.41) is 12.0. The predicted molar refractivity (Wildman–Crippen MR) is 144 cm³/mol. The van der Waals surface area contributed by atoms with Gasteiger partial charge in [-0.2, -0.15) is 0 Å². The summed E-state index contributed by atoms with van der Waals surface area (Å²) in [6.45, 7) is 5.18. The molecule has 0 bridgehead atoms. The molecule has 1 aliphatic rings. The number of thiazole rings is 1. The van der Waals surface area contributed by atoms with Gasteiger partial charge in [0.05, 0.1) is 26.8 Å². The molecule has 2 aromatic carbocycles. The van der Waals surface area contributed by atoms with Crippen LogP contribution in [0.1, 0.15) is 37.9 Å². The Bertz CT molecular complexity index is 1620. The van der Waals surface area contributed by atoms with E-state index in [-0.39, 0.29) is 17.4 Å². The number of benzene rings is 2. The van der Waals surface area contributed by atoms with Crippen molar-refractivity contribution in [3.05, 3.63) is 99.7 Å². The first-order valence-electron chi connectivity index (χ1n) is 11.4. The third-order valence-corrected chi connectivity index (χ3v) is 7.09. The first-order valence-corrected chi connectivity index (χ1v) is 12.6. The Morgan fingerprint density at radius 3 is 2.59 bits per heavy atom. The Kier molecular flexibility index (Phi) is 7.33. The number of aromatic nitrogens is 1. The van der Waals surface area contributed by atoms with E-state index in [9.17, 15) is 19.7 Å². The van der Waals surface area contributed by atoms with Crippen LogP contribution in [-0.2, 0) is 9.53 Å². The second kappa shape index (κ2) is 10.3. The number of hydrogen-bond acceptors (Lipinski definition) is 8. The number of allylic oxidation sites excluding steroid dienone is 1. The highest BCUT2D eigenvalue weighted by Crippen LogP contribution is 2.34. The van der Waals surface area contributed by atoms with Gasteiger partial charge in [0.25, 0.3) is 11.2 Å². The zero-order chi connectivity index (χ0) is 27.0. The highest BCUT2D eigenvalue weighted by molar-refractivity contribution is 7.07. The average molecular weight is 541 g/mol. The molecule has 0 fully saturated rings. The number of nitrogens with zero attached hydrogens (tertiary/aromatic N) is 4. The Morgan fingerprint density at radius 1 is 1.27 bits per heavy atom. The first-order chi connectivity index (χ1) is 17.5. The van der Waals surface area contributed by atoms with Crippen molar-refractivity contribution in [2.75, 3.05) is 19.0 Å². The lowest BCUT2D eigenvalue weighted by Crippen LogP contribution is -2.40. The molecule has 3 aromatic rings. The van der Waals surface area contributed by atoms with E-state index >= 15 is 0 Å². The molecule has 1 unspecified atom stereocenters. The van der Waals surface area contributed by atoms with Crippen LogP contribution in [-0.4, -0.2) is 35.7 Å². The number of fused-ring (bicyclic) bond motifs is 1. The molecule has 1 aromatic heterocycles. The number of rotatable bonds is 6. The van der Waals surface area contributed by atoms with Crippen LogP contribution in [0.25, 0.3) is 6.08 Å². The number of halogens is 1. The summed E-state index contributed by atoms with van der Waals surface area (Å²) in [5.41, 5.74) is 1.69. The van der Waals surface area contributed by atoms with Crippen molar-refractivity contribution in [1.29, 1.82) is 0 Å². The topological polar surface area (TPSA) is 107 Å². The lowest BCUT2D eigenvalue weighted by Gasteiger charge is -2.26. The van der Waals surface area contributed by atoms with Gasteiger partial charge in [-0.1, -0.05) is 47.2 Å². The SMILES string of the molecule is CC1=C(C(=O)OC(C)C)C(c2ccccc2Cl)n2c(sc(=Cc3ccc(N(C)C)c([N+](=O)[O-])c3)c2=O)=N1. The fraction of sp³-hybridized carbons (Fsp3) is 0.269. The number of carbonyl (C=O) groups excluding carboxylic acids is 1. The monoisotopic (exact) mass is 540 g/mol. The smallest absolute Gasteiger partial charge is 0.338 e. The van der Waals surface area contributed by atoms with E-state index in [2.05, 4.69) is 4.99 Å². The fourth-order valence-electron chi connectivity index (χ4n) is 4.16. The standard InChI is InChI=1S/C26H25ClN4O5S/c1-14(2)36-25(33)22-15(3)28-26-30(23(22)17-8-6-7-9-18(17)27)24(32)21(37-26)13-16-10-11-19(29(4)5)20(12-16)31(34)35/h6-14,23H,1-5H3. The van der Waals surface area contributed by atoms with Gasteiger partial charge in [0.2, 0.25) is 0 Å². The van der Waals surface area contributed by atoms with Crippen LogP contribution >= 0.6 is 22.9 Å². The van der Waals surface area contributed by atoms with E-state index < -0.39 is 22.5 Å². The molecule has 0 spiro atoms. The fourth-order valence-corrected chi connectivity index (χ4v) is 5.44. The van der Waals surface area contributed by atoms with Crippen molar-refractivity contribution >= 4 is 46.4 Å². The van der Waals surface area contributed by atoms with Gasteiger partial charge >= 0.3 is 5.97 Å². The molecule has 0 aliphatic carbocycles. The van der Waals surface area contributed by atoms with Crippen LogP contribution < -0.4 is 19.8 Å². The van der Waals surface area contributed by atoms with Gasteiger partial charge in [0, 0.05) is 25.2 Å². The Labute approximate surface area is 221 Å². The lowest BCUT2D eigenvalue weighted by atomic mass is 9.96. The molecule has 37 heavy (non-hydrogen) atoms. The van der Waals surface area contributed by atoms with E-state index in [0.29, 0.717) is 36.9 Å². The second-order valence-corrected chi connectivity index (χ2v) is 10.4. The van der Waals surface area contributed by atoms with Gasteiger partial charge < -0.3 is 9.64 Å². The van der Waals surface area contributed by atoms with E-state index in [0.717, 1.165) is 11.3 Å². The van der Waals surface area contributed by atoms with Crippen molar-refractivity contribution in [1.82, 2.24) is 4.57 Å². The van der Waals surface area contributed by atoms with E-state index in [4.69, 9.17) is 16.3 Å². The first kappa shape index (κ1) is 26.3. The molecular formula is C26H25ClN4O5S. The normalized spacial score (nSPS) is 15.4. The Balaban J connectivity index is 1.94. The highest BCUT2D eigenvalue weighted by atomic mass is 35.5. The van der Waals surface area contributed by atoms with Crippen LogP contribution in [0.5, 0.6) is 0 Å². The van der Waals surface area contributed by atoms with Gasteiger partial charge in [0.1, 0.15) is 11.7 Å². The summed E-state index contributed by atoms with van der Waals surface area (Å²) in [7, 11) is 3.44. The van der Waals surface area contributed by atoms with Gasteiger partial charge in [-0.15, -0.1) is 0 Å². The second-order valence-electron chi connectivity index (χ2n) is 8.96. The summed E-state index contributed by atoms with van der Waals surface area (Å²) >= 11 is 7.67. The van der Waals surface area contributed by atoms with Gasteiger partial charge in [-0.3, -0.25) is 19.5 Å². The summed E-state index contributed by atoms with van der Waals surface area (Å²) < 4.78 is 7.24. The molecule has 0 N–H and O–H groups in total. The summed E-state index contributed by atoms with van der Waals surface area (Å²) in [6.07, 6.45) is 1.22. The molecule has 9 nitrogen and oxygen atoms in total. The number of ether oxygens (including phenoxy) is 1. The van der Waals surface area contributed by atoms with Gasteiger partial charge in [-0.05, 0) is 50.1 Å². The van der Waals surface area contributed by atoms with Crippen LogP contribution in [0.3, 0.4) is 0 Å². The maximum Gasteiger partial charge on any atom is 0.338 e. The van der Waals surface area contributed by atoms with Crippen molar-refractivity contribution in [3.63, 3.8) is 0 Å². The molecular weight excluding hydrogens is 516 g/mol. The minimum absolute atomic E-state index is 0.0740. The van der Waals surface area contributed by atoms with Crippen molar-refractivity contribution in [3.8, 4) is 0 Å². The van der Waals surface area contributed by atoms with Crippen LogP contribution in [0.2, 0.25) is 5.02 Å². The Morgan fingerprint density at radius 2 is 1.97 bits per heavy atom. The third kappa shape index (κ3) is 5.07. The van der Waals surface area contributed by atoms with Crippen molar-refractivity contribution < 1.29 is 14.5 Å². The molecule has 11 heteroatoms. The molecule has 1 aliphatic heterocycles. The molecule has 4 rings (SSSR count). The van der Waals surface area contributed by atoms with E-state index in [1.807, 2.05) is 0 Å². The number of nitro benzene ring substituents is 1. The maximum absolute atomic E-state index is 13.7. The van der Waals surface area contributed by atoms with Crippen LogP contribution in [0.4, 0.5) is 11.4 Å². The molecule has 1 atom stereocenters. The summed E-state index contributed by atoms with van der Waals surface area (Å²) in [4.78, 5) is 44.6. The molecule has 0 saturated heterocycles. The Hall–Kier alpha value is -3.76. The number of nitro groups is 1. The van der Waals surface area contributed by atoms with Crippen LogP contribution in [0, 0.1) is 10.1 Å². The van der Waals surface area contributed by atoms with Crippen molar-refractivity contribution in [2.24, 2.45) is 4.99 Å². The number of esters is 1. The highest BCUT2D eigenvalue weighted by Gasteiger charge is 2.34. The lowest BCUT2D eigenvalue weighted by molar-refractivity contribution is -0.384. The third-order valence-electron chi connectivity index (χ3n) is 5.76. The number of anilines is 1. The summed E-state index contributed by atoms with van der Waals surface area (Å²) in [6, 6.07) is 10.9. The summed E-state index contributed by atoms with van der Waals surface area (Å²) in [5.74, 6) is -0.578. The molecule has 2 heterocycles. The van der Waals surface area contributed by atoms with Gasteiger partial charge in [-0.25, -0.2) is 9.79 Å². The number of hydrogen-bond donors (Lipinski definition) is 0. The van der Waals surface area contributed by atoms with Crippen molar-refractivity contribution in [2.45, 2.75) is 32.9 Å². The predicted octanol–water partition coefficient (Wildman–Crippen LogP) is 3.81. The van der Waals surface area contributed by atoms with E-state index in [1.54, 1.807) is 82.2 Å². The zero-order valence-electron chi connectivity index (χ0n) is 20.9. The maximum atomic E-state index is 13.7. The molecule has 0 saturated carbocycles. The number of carbonyl (C=O) groups is 1. The largest absolute Gasteiger partial charge is 0.459 e. The minimum atomic E-state index is -0.844. The van der Waals surface area contributed by atoms with Gasteiger partial charge in [0.15, 0.2) is 4.80 Å².